The summed E-state index contributed by atoms with van der Waals surface area (Å²) >= 11 is 4.25. The average molecular weight is 398 g/mol. The third-order valence-corrected chi connectivity index (χ3v) is 5.39. The first-order valence-electron chi connectivity index (χ1n) is 10.9. The number of carbonyl (C=O) groups excluding carboxylic acids is 1. The molecule has 0 spiro atoms. The van der Waals surface area contributed by atoms with Crippen molar-refractivity contribution in [2.24, 2.45) is 0 Å². The van der Waals surface area contributed by atoms with Crippen LogP contribution in [0.4, 0.5) is 5.69 Å². The van der Waals surface area contributed by atoms with Crippen molar-refractivity contribution in [3.8, 4) is 0 Å². The summed E-state index contributed by atoms with van der Waals surface area (Å²) in [7, 11) is 0. The van der Waals surface area contributed by atoms with Gasteiger partial charge in [0.15, 0.2) is 5.78 Å². The van der Waals surface area contributed by atoms with Crippen LogP contribution in [0, 0.1) is 0 Å². The second-order valence-electron chi connectivity index (χ2n) is 7.46. The third-order valence-electron chi connectivity index (χ3n) is 5.07. The van der Waals surface area contributed by atoms with Gasteiger partial charge in [0.05, 0.1) is 0 Å². The summed E-state index contributed by atoms with van der Waals surface area (Å²) in [6.07, 6.45) is 13.2. The van der Waals surface area contributed by atoms with E-state index in [1.807, 2.05) is 54.6 Å². The Morgan fingerprint density at radius 1 is 0.679 bits per heavy atom. The number of carbonyl (C=O) groups is 1. The molecule has 3 heteroatoms. The van der Waals surface area contributed by atoms with E-state index in [0.29, 0.717) is 0 Å². The van der Waals surface area contributed by atoms with E-state index in [4.69, 9.17) is 0 Å². The zero-order valence-corrected chi connectivity index (χ0v) is 17.9. The van der Waals surface area contributed by atoms with Crippen LogP contribution >= 0.6 is 12.6 Å². The van der Waals surface area contributed by atoms with Crippen LogP contribution < -0.4 is 5.32 Å². The zero-order valence-electron chi connectivity index (χ0n) is 17.0. The fraction of sp³-hybridized carbons (Fsp3) is 0.480. The van der Waals surface area contributed by atoms with Gasteiger partial charge in [0.25, 0.3) is 0 Å². The normalized spacial score (nSPS) is 10.8. The lowest BCUT2D eigenvalue weighted by Gasteiger charge is -2.08. The SMILES string of the molecule is O=C(c1ccccc1)c1cccc(NCCCCCCCCCCCCS)c1. The Morgan fingerprint density at radius 3 is 1.89 bits per heavy atom. The minimum absolute atomic E-state index is 0.0786. The Morgan fingerprint density at radius 2 is 1.25 bits per heavy atom. The van der Waals surface area contributed by atoms with E-state index in [-0.39, 0.29) is 5.78 Å². The standard InChI is InChI=1S/C25H35NOS/c27-25(22-15-10-9-11-16-22)23-17-14-18-24(21-23)26-19-12-7-5-3-1-2-4-6-8-13-20-28/h9-11,14-18,21,26,28H,1-8,12-13,19-20H2. The zero-order chi connectivity index (χ0) is 19.9. The summed E-state index contributed by atoms with van der Waals surface area (Å²) in [6, 6.07) is 17.3. The van der Waals surface area contributed by atoms with Gasteiger partial charge < -0.3 is 5.32 Å². The highest BCUT2D eigenvalue weighted by Crippen LogP contribution is 2.16. The maximum Gasteiger partial charge on any atom is 0.193 e. The minimum Gasteiger partial charge on any atom is -0.385 e. The summed E-state index contributed by atoms with van der Waals surface area (Å²) < 4.78 is 0. The molecule has 0 aliphatic heterocycles. The van der Waals surface area contributed by atoms with Crippen LogP contribution in [-0.2, 0) is 0 Å². The molecular weight excluding hydrogens is 362 g/mol. The van der Waals surface area contributed by atoms with Gasteiger partial charge in [0.2, 0.25) is 0 Å². The predicted octanol–water partition coefficient (Wildman–Crippen LogP) is 7.16. The first kappa shape index (κ1) is 22.5. The van der Waals surface area contributed by atoms with Crippen LogP contribution in [0.5, 0.6) is 0 Å². The largest absolute Gasteiger partial charge is 0.385 e. The number of nitrogens with one attached hydrogen (secondary N) is 1. The van der Waals surface area contributed by atoms with Crippen LogP contribution in [0.1, 0.15) is 80.1 Å². The summed E-state index contributed by atoms with van der Waals surface area (Å²) in [6.45, 7) is 0.965. The molecule has 0 saturated heterocycles. The number of hydrogen-bond acceptors (Lipinski definition) is 3. The lowest BCUT2D eigenvalue weighted by atomic mass is 10.0. The van der Waals surface area contributed by atoms with Gasteiger partial charge in [0.1, 0.15) is 0 Å². The summed E-state index contributed by atoms with van der Waals surface area (Å²) in [5.41, 5.74) is 2.51. The molecule has 0 radical (unpaired) electrons. The van der Waals surface area contributed by atoms with E-state index < -0.39 is 0 Å². The number of anilines is 1. The molecule has 152 valence electrons. The Labute approximate surface area is 176 Å². The molecule has 0 atom stereocenters. The second kappa shape index (κ2) is 14.3. The molecule has 28 heavy (non-hydrogen) atoms. The molecule has 0 unspecified atom stereocenters. The molecule has 0 saturated carbocycles. The van der Waals surface area contributed by atoms with Crippen molar-refractivity contribution in [2.45, 2.75) is 64.2 Å². The van der Waals surface area contributed by atoms with Crippen LogP contribution in [0.3, 0.4) is 0 Å². The molecule has 0 fully saturated rings. The van der Waals surface area contributed by atoms with Gasteiger partial charge >= 0.3 is 0 Å². The molecule has 0 aromatic heterocycles. The fourth-order valence-corrected chi connectivity index (χ4v) is 3.63. The van der Waals surface area contributed by atoms with E-state index >= 15 is 0 Å². The summed E-state index contributed by atoms with van der Waals surface area (Å²) in [4.78, 5) is 12.5. The highest BCUT2D eigenvalue weighted by molar-refractivity contribution is 7.80. The third kappa shape index (κ3) is 8.97. The van der Waals surface area contributed by atoms with E-state index in [0.717, 1.165) is 29.1 Å². The minimum atomic E-state index is 0.0786. The quantitative estimate of drug-likeness (QED) is 0.190. The lowest BCUT2D eigenvalue weighted by molar-refractivity contribution is 0.103. The van der Waals surface area contributed by atoms with Crippen LogP contribution in [-0.4, -0.2) is 18.1 Å². The number of ketones is 1. The topological polar surface area (TPSA) is 29.1 Å². The van der Waals surface area contributed by atoms with E-state index in [2.05, 4.69) is 17.9 Å². The van der Waals surface area contributed by atoms with Crippen molar-refractivity contribution in [3.63, 3.8) is 0 Å². The van der Waals surface area contributed by atoms with Gasteiger partial charge in [-0.3, -0.25) is 4.79 Å². The predicted molar refractivity (Wildman–Crippen MR) is 125 cm³/mol. The molecular formula is C25H35NOS. The van der Waals surface area contributed by atoms with E-state index in [1.165, 1.54) is 64.2 Å². The van der Waals surface area contributed by atoms with Gasteiger partial charge in [-0.05, 0) is 30.7 Å². The van der Waals surface area contributed by atoms with Crippen LogP contribution in [0.2, 0.25) is 0 Å². The Hall–Kier alpha value is -1.74. The Balaban J connectivity index is 1.57. The van der Waals surface area contributed by atoms with E-state index in [1.54, 1.807) is 0 Å². The number of unbranched alkanes of at least 4 members (excludes halogenated alkanes) is 9. The van der Waals surface area contributed by atoms with Crippen molar-refractivity contribution in [1.29, 1.82) is 0 Å². The van der Waals surface area contributed by atoms with Gasteiger partial charge in [0, 0.05) is 23.4 Å². The number of hydrogen-bond donors (Lipinski definition) is 2. The van der Waals surface area contributed by atoms with Gasteiger partial charge in [-0.15, -0.1) is 0 Å². The monoisotopic (exact) mass is 397 g/mol. The molecule has 0 amide bonds. The number of rotatable bonds is 15. The summed E-state index contributed by atoms with van der Waals surface area (Å²) in [5, 5.41) is 3.46. The van der Waals surface area contributed by atoms with Crippen molar-refractivity contribution < 1.29 is 4.79 Å². The summed E-state index contributed by atoms with van der Waals surface area (Å²) in [5.74, 6) is 1.11. The van der Waals surface area contributed by atoms with Crippen molar-refractivity contribution in [1.82, 2.24) is 0 Å². The maximum absolute atomic E-state index is 12.5. The van der Waals surface area contributed by atoms with Crippen molar-refractivity contribution in [3.05, 3.63) is 65.7 Å². The maximum atomic E-state index is 12.5. The molecule has 0 bridgehead atoms. The van der Waals surface area contributed by atoms with Gasteiger partial charge in [-0.2, -0.15) is 12.6 Å². The first-order valence-corrected chi connectivity index (χ1v) is 11.5. The lowest BCUT2D eigenvalue weighted by Crippen LogP contribution is -2.04. The Bertz CT molecular complexity index is 671. The number of benzene rings is 2. The van der Waals surface area contributed by atoms with Crippen LogP contribution in [0.15, 0.2) is 54.6 Å². The van der Waals surface area contributed by atoms with Gasteiger partial charge in [-0.1, -0.05) is 93.8 Å². The van der Waals surface area contributed by atoms with Crippen LogP contribution in [0.25, 0.3) is 0 Å². The first-order chi connectivity index (χ1) is 13.8. The second-order valence-corrected chi connectivity index (χ2v) is 7.91. The average Bonchev–Trinajstić information content (AvgIpc) is 2.75. The smallest absolute Gasteiger partial charge is 0.193 e. The molecule has 1 N–H and O–H groups in total. The fourth-order valence-electron chi connectivity index (χ4n) is 3.41. The van der Waals surface area contributed by atoms with Crippen molar-refractivity contribution >= 4 is 24.1 Å². The molecule has 0 heterocycles. The highest BCUT2D eigenvalue weighted by Gasteiger charge is 2.08. The number of thiol groups is 1. The molecule has 2 aromatic carbocycles. The Kier molecular flexibility index (Phi) is 11.5. The van der Waals surface area contributed by atoms with E-state index in [9.17, 15) is 4.79 Å². The highest BCUT2D eigenvalue weighted by atomic mass is 32.1. The molecule has 2 aromatic rings. The molecule has 2 rings (SSSR count). The van der Waals surface area contributed by atoms with Gasteiger partial charge in [-0.25, -0.2) is 0 Å². The molecule has 0 aliphatic carbocycles. The molecule has 0 aliphatic rings. The van der Waals surface area contributed by atoms with Crippen molar-refractivity contribution in [2.75, 3.05) is 17.6 Å². The molecule has 2 nitrogen and oxygen atoms in total.